The Bertz CT molecular complexity index is 418. The van der Waals surface area contributed by atoms with Crippen LogP contribution in [-0.2, 0) is 16.4 Å². The summed E-state index contributed by atoms with van der Waals surface area (Å²) < 4.78 is 22.4. The molecule has 0 aromatic carbocycles. The molecule has 0 bridgehead atoms. The van der Waals surface area contributed by atoms with E-state index in [1.165, 1.54) is 6.07 Å². The van der Waals surface area contributed by atoms with E-state index in [1.54, 1.807) is 0 Å². The molecule has 2 N–H and O–H groups in total. The maximum Gasteiger partial charge on any atom is 0.198 e. The summed E-state index contributed by atoms with van der Waals surface area (Å²) >= 11 is 3.00. The normalized spacial score (nSPS) is 11.6. The maximum atomic E-state index is 11.1. The third-order valence-electron chi connectivity index (χ3n) is 1.32. The second-order valence-corrected chi connectivity index (χ2v) is 5.11. The smallest absolute Gasteiger partial charge is 0.198 e. The van der Waals surface area contributed by atoms with Crippen LogP contribution in [0.3, 0.4) is 0 Å². The third-order valence-corrected chi connectivity index (χ3v) is 2.64. The van der Waals surface area contributed by atoms with Gasteiger partial charge in [-0.3, -0.25) is 0 Å². The molecule has 5 nitrogen and oxygen atoms in total. The molecule has 1 rings (SSSR count). The van der Waals surface area contributed by atoms with Crippen LogP contribution in [-0.4, -0.2) is 24.6 Å². The number of sulfone groups is 1. The zero-order valence-electron chi connectivity index (χ0n) is 6.86. The molecule has 0 aliphatic heterocycles. The van der Waals surface area contributed by atoms with Crippen molar-refractivity contribution in [3.63, 3.8) is 0 Å². The molecule has 0 atom stereocenters. The minimum atomic E-state index is -3.29. The molecule has 0 spiro atoms. The van der Waals surface area contributed by atoms with Crippen molar-refractivity contribution >= 4 is 25.8 Å². The molecule has 0 saturated carbocycles. The summed E-state index contributed by atoms with van der Waals surface area (Å²) in [5.41, 5.74) is 5.81. The van der Waals surface area contributed by atoms with Crippen molar-refractivity contribution < 1.29 is 8.42 Å². The highest BCUT2D eigenvalue weighted by Gasteiger charge is 2.11. The van der Waals surface area contributed by atoms with Crippen LogP contribution < -0.4 is 5.73 Å². The lowest BCUT2D eigenvalue weighted by atomic mass is 10.4. The van der Waals surface area contributed by atoms with Gasteiger partial charge in [-0.25, -0.2) is 18.4 Å². The van der Waals surface area contributed by atoms with Gasteiger partial charge in [-0.15, -0.1) is 0 Å². The molecular formula is C6H8BrN3O2S. The second-order valence-electron chi connectivity index (χ2n) is 2.44. The van der Waals surface area contributed by atoms with E-state index in [-0.39, 0.29) is 16.3 Å². The van der Waals surface area contributed by atoms with Crippen LogP contribution in [0, 0.1) is 0 Å². The van der Waals surface area contributed by atoms with Crippen molar-refractivity contribution in [2.45, 2.75) is 11.6 Å². The summed E-state index contributed by atoms with van der Waals surface area (Å²) in [7, 11) is -3.29. The minimum Gasteiger partial charge on any atom is -0.325 e. The van der Waals surface area contributed by atoms with Crippen LogP contribution in [0.15, 0.2) is 15.8 Å². The predicted molar refractivity (Wildman–Crippen MR) is 50.7 cm³/mol. The summed E-state index contributed by atoms with van der Waals surface area (Å²) in [6.45, 7) is 0.184. The second kappa shape index (κ2) is 3.69. The van der Waals surface area contributed by atoms with E-state index in [0.717, 1.165) is 6.26 Å². The molecule has 72 valence electrons. The Balaban J connectivity index is 3.33. The summed E-state index contributed by atoms with van der Waals surface area (Å²) in [5.74, 6) is 0. The Kier molecular flexibility index (Phi) is 2.99. The Hall–Kier alpha value is -0.530. The van der Waals surface area contributed by atoms with Crippen LogP contribution in [0.4, 0.5) is 0 Å². The fourth-order valence-corrected chi connectivity index (χ4v) is 1.87. The lowest BCUT2D eigenvalue weighted by molar-refractivity contribution is 0.597. The molecule has 0 fully saturated rings. The molecule has 0 amide bonds. The Morgan fingerprint density at radius 3 is 2.62 bits per heavy atom. The summed E-state index contributed by atoms with van der Waals surface area (Å²) in [5, 5.41) is -0.0187. The van der Waals surface area contributed by atoms with Crippen molar-refractivity contribution in [1.82, 2.24) is 9.97 Å². The van der Waals surface area contributed by atoms with Crippen LogP contribution in [0.1, 0.15) is 5.69 Å². The van der Waals surface area contributed by atoms with E-state index in [9.17, 15) is 8.42 Å². The summed E-state index contributed by atoms with van der Waals surface area (Å²) in [6.07, 6.45) is 1.09. The van der Waals surface area contributed by atoms with Gasteiger partial charge in [0.2, 0.25) is 0 Å². The average Bonchev–Trinajstić information content (AvgIpc) is 2.01. The monoisotopic (exact) mass is 265 g/mol. The number of hydrogen-bond donors (Lipinski definition) is 1. The van der Waals surface area contributed by atoms with E-state index in [1.807, 2.05) is 0 Å². The van der Waals surface area contributed by atoms with Crippen molar-refractivity contribution in [1.29, 1.82) is 0 Å². The molecule has 0 aliphatic carbocycles. The van der Waals surface area contributed by atoms with Crippen molar-refractivity contribution in [3.05, 3.63) is 16.5 Å². The van der Waals surface area contributed by atoms with Gasteiger partial charge in [-0.2, -0.15) is 0 Å². The zero-order chi connectivity index (χ0) is 10.1. The summed E-state index contributed by atoms with van der Waals surface area (Å²) in [4.78, 5) is 7.60. The average molecular weight is 266 g/mol. The van der Waals surface area contributed by atoms with Gasteiger partial charge in [-0.05, 0) is 22.0 Å². The van der Waals surface area contributed by atoms with E-state index in [4.69, 9.17) is 5.73 Å². The fourth-order valence-electron chi connectivity index (χ4n) is 0.736. The molecule has 1 aromatic rings. The molecule has 0 saturated heterocycles. The quantitative estimate of drug-likeness (QED) is 0.606. The van der Waals surface area contributed by atoms with Crippen molar-refractivity contribution in [3.8, 4) is 0 Å². The molecule has 0 radical (unpaired) electrons. The van der Waals surface area contributed by atoms with Crippen LogP contribution in [0.25, 0.3) is 0 Å². The van der Waals surface area contributed by atoms with E-state index in [2.05, 4.69) is 25.9 Å². The van der Waals surface area contributed by atoms with Crippen LogP contribution >= 0.6 is 15.9 Å². The first-order chi connectivity index (χ1) is 5.93. The first kappa shape index (κ1) is 10.6. The van der Waals surface area contributed by atoms with Crippen LogP contribution in [0.2, 0.25) is 0 Å². The molecular weight excluding hydrogens is 258 g/mol. The van der Waals surface area contributed by atoms with E-state index in [0.29, 0.717) is 5.69 Å². The van der Waals surface area contributed by atoms with Gasteiger partial charge in [0.15, 0.2) is 19.6 Å². The topological polar surface area (TPSA) is 85.9 Å². The third kappa shape index (κ3) is 2.71. The molecule has 0 unspecified atom stereocenters. The van der Waals surface area contributed by atoms with Gasteiger partial charge in [0.05, 0.1) is 5.69 Å². The maximum absolute atomic E-state index is 11.1. The highest BCUT2D eigenvalue weighted by Crippen LogP contribution is 2.10. The van der Waals surface area contributed by atoms with Gasteiger partial charge in [-0.1, -0.05) is 0 Å². The Morgan fingerprint density at radius 2 is 2.15 bits per heavy atom. The lowest BCUT2D eigenvalue weighted by Crippen LogP contribution is -2.07. The van der Waals surface area contributed by atoms with Gasteiger partial charge < -0.3 is 5.73 Å². The number of aromatic nitrogens is 2. The largest absolute Gasteiger partial charge is 0.325 e. The fraction of sp³-hybridized carbons (Fsp3) is 0.333. The van der Waals surface area contributed by atoms with Gasteiger partial charge in [0.25, 0.3) is 0 Å². The number of halogens is 1. The summed E-state index contributed by atoms with van der Waals surface area (Å²) in [6, 6.07) is 1.36. The van der Waals surface area contributed by atoms with Crippen LogP contribution in [0.5, 0.6) is 0 Å². The van der Waals surface area contributed by atoms with E-state index < -0.39 is 9.84 Å². The van der Waals surface area contributed by atoms with Gasteiger partial charge in [0.1, 0.15) is 0 Å². The van der Waals surface area contributed by atoms with Gasteiger partial charge >= 0.3 is 0 Å². The number of nitrogens with two attached hydrogens (primary N) is 1. The Labute approximate surface area is 84.4 Å². The lowest BCUT2D eigenvalue weighted by Gasteiger charge is -2.00. The predicted octanol–water partition coefficient (Wildman–Crippen LogP) is 0.101. The molecule has 1 heterocycles. The van der Waals surface area contributed by atoms with Crippen molar-refractivity contribution in [2.24, 2.45) is 5.73 Å². The molecule has 0 aliphatic rings. The van der Waals surface area contributed by atoms with Gasteiger partial charge in [0, 0.05) is 12.8 Å². The van der Waals surface area contributed by atoms with E-state index >= 15 is 0 Å². The molecule has 13 heavy (non-hydrogen) atoms. The zero-order valence-corrected chi connectivity index (χ0v) is 9.26. The minimum absolute atomic E-state index is 0.0187. The SMILES string of the molecule is CS(=O)(=O)c1cc(CN)nc(Br)n1. The standard InChI is InChI=1S/C6H8BrN3O2S/c1-13(11,12)5-2-4(3-8)9-6(7)10-5/h2H,3,8H2,1H3. The first-order valence-electron chi connectivity index (χ1n) is 3.37. The number of hydrogen-bond acceptors (Lipinski definition) is 5. The first-order valence-corrected chi connectivity index (χ1v) is 6.05. The van der Waals surface area contributed by atoms with Crippen molar-refractivity contribution in [2.75, 3.05) is 6.26 Å². The highest BCUT2D eigenvalue weighted by molar-refractivity contribution is 9.10. The Morgan fingerprint density at radius 1 is 1.54 bits per heavy atom. The number of nitrogens with zero attached hydrogens (tertiary/aromatic N) is 2. The molecule has 1 aromatic heterocycles. The number of rotatable bonds is 2. The highest BCUT2D eigenvalue weighted by atomic mass is 79.9. The molecule has 7 heteroatoms.